The molecule has 0 amide bonds. The van der Waals surface area contributed by atoms with Crippen molar-refractivity contribution >= 4 is 22.8 Å². The molecule has 0 aliphatic carbocycles. The molecule has 8 heteroatoms. The zero-order valence-electron chi connectivity index (χ0n) is 19.9. The number of anilines is 1. The van der Waals surface area contributed by atoms with Crippen molar-refractivity contribution in [1.82, 2.24) is 14.8 Å². The van der Waals surface area contributed by atoms with E-state index in [1.54, 1.807) is 0 Å². The van der Waals surface area contributed by atoms with Gasteiger partial charge in [-0.25, -0.2) is 9.67 Å². The number of fused-ring (bicyclic) bond motifs is 1. The van der Waals surface area contributed by atoms with Crippen molar-refractivity contribution in [3.63, 3.8) is 0 Å². The van der Waals surface area contributed by atoms with Crippen molar-refractivity contribution in [2.75, 3.05) is 31.2 Å². The summed E-state index contributed by atoms with van der Waals surface area (Å²) in [5.41, 5.74) is 5.98. The minimum absolute atomic E-state index is 0.454. The molecule has 34 heavy (non-hydrogen) atoms. The molecule has 178 valence electrons. The summed E-state index contributed by atoms with van der Waals surface area (Å²) in [5, 5.41) is 4.77. The second kappa shape index (κ2) is 10.2. The van der Waals surface area contributed by atoms with E-state index in [4.69, 9.17) is 19.2 Å². The third-order valence-electron chi connectivity index (χ3n) is 5.51. The third-order valence-corrected chi connectivity index (χ3v) is 5.51. The molecule has 1 aromatic carbocycles. The van der Waals surface area contributed by atoms with Gasteiger partial charge in [-0.05, 0) is 26.0 Å². The Labute approximate surface area is 198 Å². The highest BCUT2D eigenvalue weighted by atomic mass is 19.1. The van der Waals surface area contributed by atoms with Crippen LogP contribution in [0.3, 0.4) is 0 Å². The van der Waals surface area contributed by atoms with Gasteiger partial charge in [-0.3, -0.25) is 4.79 Å². The van der Waals surface area contributed by atoms with Crippen LogP contribution in [0.25, 0.3) is 28.2 Å². The van der Waals surface area contributed by atoms with Crippen LogP contribution >= 0.6 is 0 Å². The molecule has 1 fully saturated rings. The normalized spacial score (nSPS) is 13.8. The van der Waals surface area contributed by atoms with E-state index >= 15 is 0 Å². The lowest BCUT2D eigenvalue weighted by Crippen LogP contribution is -2.36. The number of pyridine rings is 1. The number of carbonyl (C=O) groups is 1. The quantitative estimate of drug-likeness (QED) is 0.383. The first-order valence-electron chi connectivity index (χ1n) is 11.4. The maximum Gasteiger partial charge on any atom is 0.304 e. The number of aryl methyl sites for hydroxylation is 2. The molecule has 0 radical (unpaired) electrons. The number of ether oxygens (including phenoxy) is 1. The maximum atomic E-state index is 11.2. The van der Waals surface area contributed by atoms with E-state index in [9.17, 15) is 9.18 Å². The minimum atomic E-state index is -1.24. The van der Waals surface area contributed by atoms with Gasteiger partial charge in [0.1, 0.15) is 11.3 Å². The third kappa shape index (κ3) is 5.34. The van der Waals surface area contributed by atoms with Crippen LogP contribution < -0.4 is 4.90 Å². The highest BCUT2D eigenvalue weighted by molar-refractivity contribution is 5.88. The van der Waals surface area contributed by atoms with Crippen LogP contribution in [0.4, 0.5) is 10.1 Å². The number of morpholine rings is 1. The number of carbonyl (C=O) groups excluding carboxylic acids is 1. The smallest absolute Gasteiger partial charge is 0.304 e. The molecule has 0 bridgehead atoms. The number of hydrogen-bond acceptors (Lipinski definition) is 6. The zero-order valence-corrected chi connectivity index (χ0v) is 19.9. The van der Waals surface area contributed by atoms with Gasteiger partial charge in [0.25, 0.3) is 0 Å². The molecule has 0 unspecified atom stereocenters. The average molecular weight is 465 g/mol. The number of furan rings is 1. The van der Waals surface area contributed by atoms with Gasteiger partial charge in [-0.15, -0.1) is 0 Å². The highest BCUT2D eigenvalue weighted by Crippen LogP contribution is 2.31. The van der Waals surface area contributed by atoms with Gasteiger partial charge < -0.3 is 14.1 Å². The van der Waals surface area contributed by atoms with Gasteiger partial charge in [0.15, 0.2) is 11.4 Å². The molecule has 7 nitrogen and oxygen atoms in total. The number of aromatic nitrogens is 3. The number of rotatable bonds is 4. The Morgan fingerprint density at radius 2 is 1.82 bits per heavy atom. The van der Waals surface area contributed by atoms with Crippen LogP contribution in [0, 0.1) is 19.8 Å². The van der Waals surface area contributed by atoms with Crippen LogP contribution in [0.5, 0.6) is 0 Å². The fourth-order valence-electron chi connectivity index (χ4n) is 3.68. The van der Waals surface area contributed by atoms with Gasteiger partial charge in [0.05, 0.1) is 24.6 Å². The summed E-state index contributed by atoms with van der Waals surface area (Å²) in [6, 6.07) is 13.2. The van der Waals surface area contributed by atoms with Gasteiger partial charge in [-0.2, -0.15) is 9.49 Å². The summed E-state index contributed by atoms with van der Waals surface area (Å²) >= 11 is 0. The molecular formula is C26H29FN4O3. The molecule has 1 saturated heterocycles. The average Bonchev–Trinajstić information content (AvgIpc) is 3.45. The summed E-state index contributed by atoms with van der Waals surface area (Å²) in [7, 11) is 0. The lowest BCUT2D eigenvalue weighted by atomic mass is 10.1. The Morgan fingerprint density at radius 1 is 1.09 bits per heavy atom. The molecule has 0 atom stereocenters. The van der Waals surface area contributed by atoms with Crippen molar-refractivity contribution in [3.05, 3.63) is 60.0 Å². The first kappa shape index (κ1) is 23.6. The second-order valence-corrected chi connectivity index (χ2v) is 8.64. The minimum Gasteiger partial charge on any atom is -0.457 e. The fraction of sp³-hybridized carbons (Fsp3) is 0.346. The Morgan fingerprint density at radius 3 is 2.50 bits per heavy atom. The summed E-state index contributed by atoms with van der Waals surface area (Å²) in [5.74, 6) is 1.19. The Hall–Kier alpha value is -3.52. The fourth-order valence-corrected chi connectivity index (χ4v) is 3.68. The van der Waals surface area contributed by atoms with Crippen LogP contribution in [0.2, 0.25) is 0 Å². The SMILES string of the molecule is CC(C)C(=O)F.Cc1cccc(-c2ccn(-c3cc(N4CCOCC4)c4oc(C)cc4n3)n2)c1. The summed E-state index contributed by atoms with van der Waals surface area (Å²) < 4.78 is 24.5. The Balaban J connectivity index is 0.000000408. The molecule has 0 N–H and O–H groups in total. The number of halogens is 1. The monoisotopic (exact) mass is 464 g/mol. The van der Waals surface area contributed by atoms with Crippen molar-refractivity contribution in [2.45, 2.75) is 27.7 Å². The van der Waals surface area contributed by atoms with E-state index in [0.717, 1.165) is 65.9 Å². The molecule has 4 heterocycles. The Bertz CT molecular complexity index is 1290. The highest BCUT2D eigenvalue weighted by Gasteiger charge is 2.19. The molecule has 1 aliphatic rings. The second-order valence-electron chi connectivity index (χ2n) is 8.64. The van der Waals surface area contributed by atoms with E-state index in [-0.39, 0.29) is 0 Å². The van der Waals surface area contributed by atoms with Crippen LogP contribution in [-0.4, -0.2) is 47.1 Å². The van der Waals surface area contributed by atoms with Gasteiger partial charge in [0.2, 0.25) is 0 Å². The van der Waals surface area contributed by atoms with Crippen molar-refractivity contribution in [3.8, 4) is 17.1 Å². The van der Waals surface area contributed by atoms with E-state index in [1.165, 1.54) is 19.4 Å². The van der Waals surface area contributed by atoms with Crippen LogP contribution in [0.1, 0.15) is 25.2 Å². The standard InChI is InChI=1S/C22H22N4O2.C4H7FO/c1-15-4-3-5-17(12-15)18-6-7-26(24-18)21-14-20(25-8-10-27-11-9-25)22-19(23-21)13-16(2)28-22;1-3(2)4(5)6/h3-7,12-14H,8-11H2,1-2H3;3H,1-2H3. The zero-order chi connectivity index (χ0) is 24.2. The molecule has 1 aliphatic heterocycles. The van der Waals surface area contributed by atoms with Crippen LogP contribution in [-0.2, 0) is 9.53 Å². The number of nitrogens with zero attached hydrogens (tertiary/aromatic N) is 4. The van der Waals surface area contributed by atoms with Gasteiger partial charge in [-0.1, -0.05) is 37.6 Å². The molecule has 0 spiro atoms. The van der Waals surface area contributed by atoms with Crippen LogP contribution in [0.15, 0.2) is 53.1 Å². The predicted octanol–water partition coefficient (Wildman–Crippen LogP) is 5.27. The Kier molecular flexibility index (Phi) is 7.07. The first-order chi connectivity index (χ1) is 16.3. The predicted molar refractivity (Wildman–Crippen MR) is 130 cm³/mol. The lowest BCUT2D eigenvalue weighted by molar-refractivity contribution is -0.132. The van der Waals surface area contributed by atoms with Gasteiger partial charge in [0, 0.05) is 42.9 Å². The van der Waals surface area contributed by atoms with E-state index in [1.807, 2.05) is 29.9 Å². The lowest BCUT2D eigenvalue weighted by Gasteiger charge is -2.28. The summed E-state index contributed by atoms with van der Waals surface area (Å²) in [6.45, 7) is 10.2. The first-order valence-corrected chi connectivity index (χ1v) is 11.4. The van der Waals surface area contributed by atoms with Crippen molar-refractivity contribution in [1.29, 1.82) is 0 Å². The summed E-state index contributed by atoms with van der Waals surface area (Å²) in [6.07, 6.45) is 1.96. The van der Waals surface area contributed by atoms with E-state index in [2.05, 4.69) is 42.2 Å². The van der Waals surface area contributed by atoms with E-state index in [0.29, 0.717) is 0 Å². The van der Waals surface area contributed by atoms with Crippen molar-refractivity contribution < 1.29 is 18.3 Å². The van der Waals surface area contributed by atoms with E-state index < -0.39 is 12.0 Å². The molecule has 0 saturated carbocycles. The molecule has 3 aromatic heterocycles. The number of hydrogen-bond donors (Lipinski definition) is 0. The molecule has 5 rings (SSSR count). The largest absolute Gasteiger partial charge is 0.457 e. The molecular weight excluding hydrogens is 435 g/mol. The topological polar surface area (TPSA) is 73.4 Å². The number of benzene rings is 1. The maximum absolute atomic E-state index is 11.2. The summed E-state index contributed by atoms with van der Waals surface area (Å²) in [4.78, 5) is 16.6. The van der Waals surface area contributed by atoms with Crippen molar-refractivity contribution in [2.24, 2.45) is 5.92 Å². The molecule has 4 aromatic rings. The van der Waals surface area contributed by atoms with Gasteiger partial charge >= 0.3 is 6.04 Å².